The van der Waals surface area contributed by atoms with Gasteiger partial charge in [-0.25, -0.2) is 0 Å². The number of carboxylic acid groups (broad SMARTS) is 1. The number of unbranched alkanes of at least 4 members (excludes halogenated alkanes) is 3. The predicted octanol–water partition coefficient (Wildman–Crippen LogP) is 1.96. The first kappa shape index (κ1) is 19.1. The number of aliphatic carboxylic acids is 1. The van der Waals surface area contributed by atoms with Gasteiger partial charge in [0.2, 0.25) is 0 Å². The number of nitrogens with one attached hydrogen (secondary N) is 2. The average Bonchev–Trinajstić information content (AvgIpc) is 2.38. The van der Waals surface area contributed by atoms with Crippen LogP contribution in [0.4, 0.5) is 0 Å². The first-order valence-electron chi connectivity index (χ1n) is 7.53. The Hall–Kier alpha value is -0.940. The van der Waals surface area contributed by atoms with Gasteiger partial charge in [-0.1, -0.05) is 26.2 Å². The van der Waals surface area contributed by atoms with E-state index in [2.05, 4.69) is 17.6 Å². The molecule has 0 aliphatic carbocycles. The highest BCUT2D eigenvalue weighted by Crippen LogP contribution is 2.11. The van der Waals surface area contributed by atoms with Gasteiger partial charge in [0.15, 0.2) is 5.78 Å². The maximum atomic E-state index is 12.4. The summed E-state index contributed by atoms with van der Waals surface area (Å²) in [5.41, 5.74) is -0.627. The lowest BCUT2D eigenvalue weighted by Gasteiger charge is -2.29. The number of ketones is 1. The molecule has 0 rings (SSSR count). The van der Waals surface area contributed by atoms with Crippen LogP contribution in [0.25, 0.3) is 0 Å². The highest BCUT2D eigenvalue weighted by Gasteiger charge is 2.32. The van der Waals surface area contributed by atoms with Crippen LogP contribution in [0, 0.1) is 0 Å². The van der Waals surface area contributed by atoms with Gasteiger partial charge in [-0.15, -0.1) is 0 Å². The molecular formula is C15H30N2O3. The van der Waals surface area contributed by atoms with Crippen molar-refractivity contribution in [3.63, 3.8) is 0 Å². The fraction of sp³-hybridized carbons (Fsp3) is 0.867. The first-order chi connectivity index (χ1) is 9.35. The lowest BCUT2D eigenvalue weighted by atomic mass is 9.90. The van der Waals surface area contributed by atoms with Gasteiger partial charge in [0.05, 0.1) is 11.6 Å². The highest BCUT2D eigenvalue weighted by molar-refractivity contribution is 5.92. The third-order valence-corrected chi connectivity index (χ3v) is 3.53. The molecule has 20 heavy (non-hydrogen) atoms. The number of carbonyl (C=O) groups is 2. The standard InChI is InChI=1S/C15H30N2O3/c1-5-6-7-8-11-17-15(2,3)14(20)12(16-4)9-10-13(18)19/h12,16-17H,5-11H2,1-4H3,(H,18,19). The molecule has 0 aromatic heterocycles. The fourth-order valence-electron chi connectivity index (χ4n) is 2.15. The number of rotatable bonds is 12. The van der Waals surface area contributed by atoms with Gasteiger partial charge in [-0.2, -0.15) is 0 Å². The molecule has 0 aromatic carbocycles. The molecule has 0 radical (unpaired) electrons. The quantitative estimate of drug-likeness (QED) is 0.478. The summed E-state index contributed by atoms with van der Waals surface area (Å²) >= 11 is 0. The zero-order chi connectivity index (χ0) is 15.6. The molecule has 5 heteroatoms. The molecule has 0 saturated carbocycles. The number of hydrogen-bond acceptors (Lipinski definition) is 4. The van der Waals surface area contributed by atoms with E-state index in [1.165, 1.54) is 19.3 Å². The molecule has 0 aromatic rings. The van der Waals surface area contributed by atoms with Gasteiger partial charge >= 0.3 is 5.97 Å². The minimum Gasteiger partial charge on any atom is -0.481 e. The Morgan fingerprint density at radius 2 is 1.85 bits per heavy atom. The highest BCUT2D eigenvalue weighted by atomic mass is 16.4. The third kappa shape index (κ3) is 7.60. The summed E-state index contributed by atoms with van der Waals surface area (Å²) in [6.07, 6.45) is 4.97. The van der Waals surface area contributed by atoms with Crippen molar-refractivity contribution in [1.82, 2.24) is 10.6 Å². The van der Waals surface area contributed by atoms with Crippen LogP contribution in [0.2, 0.25) is 0 Å². The monoisotopic (exact) mass is 286 g/mol. The Morgan fingerprint density at radius 1 is 1.20 bits per heavy atom. The van der Waals surface area contributed by atoms with Crippen LogP contribution in [0.15, 0.2) is 0 Å². The topological polar surface area (TPSA) is 78.4 Å². The molecule has 0 amide bonds. The van der Waals surface area contributed by atoms with Gasteiger partial charge in [0.1, 0.15) is 0 Å². The minimum atomic E-state index is -0.872. The normalized spacial score (nSPS) is 13.2. The maximum absolute atomic E-state index is 12.4. The van der Waals surface area contributed by atoms with Gasteiger partial charge in [0, 0.05) is 6.42 Å². The predicted molar refractivity (Wildman–Crippen MR) is 80.9 cm³/mol. The van der Waals surface area contributed by atoms with Gasteiger partial charge < -0.3 is 15.7 Å². The van der Waals surface area contributed by atoms with Crippen LogP contribution in [0.3, 0.4) is 0 Å². The molecule has 118 valence electrons. The van der Waals surface area contributed by atoms with Crippen LogP contribution in [-0.2, 0) is 9.59 Å². The lowest BCUT2D eigenvalue weighted by Crippen LogP contribution is -2.54. The number of hydrogen-bond donors (Lipinski definition) is 3. The van der Waals surface area contributed by atoms with Crippen molar-refractivity contribution < 1.29 is 14.7 Å². The second-order valence-corrected chi connectivity index (χ2v) is 5.75. The van der Waals surface area contributed by atoms with Crippen molar-refractivity contribution in [2.24, 2.45) is 0 Å². The number of carboxylic acids is 1. The molecule has 3 N–H and O–H groups in total. The summed E-state index contributed by atoms with van der Waals surface area (Å²) in [5, 5.41) is 14.9. The number of carbonyl (C=O) groups excluding carboxylic acids is 1. The van der Waals surface area contributed by atoms with E-state index in [9.17, 15) is 9.59 Å². The maximum Gasteiger partial charge on any atom is 0.303 e. The molecule has 0 fully saturated rings. The zero-order valence-corrected chi connectivity index (χ0v) is 13.3. The summed E-state index contributed by atoms with van der Waals surface area (Å²) in [7, 11) is 1.70. The van der Waals surface area contributed by atoms with Crippen molar-refractivity contribution in [3.05, 3.63) is 0 Å². The van der Waals surface area contributed by atoms with Crippen LogP contribution < -0.4 is 10.6 Å². The minimum absolute atomic E-state index is 0.00380. The Bertz CT molecular complexity index is 303. The van der Waals surface area contributed by atoms with Crippen molar-refractivity contribution in [2.45, 2.75) is 70.9 Å². The van der Waals surface area contributed by atoms with Gasteiger partial charge in [0.25, 0.3) is 0 Å². The van der Waals surface area contributed by atoms with Gasteiger partial charge in [-0.05, 0) is 40.3 Å². The Kier molecular flexibility index (Phi) is 9.42. The van der Waals surface area contributed by atoms with Crippen LogP contribution in [0.1, 0.15) is 59.3 Å². The largest absolute Gasteiger partial charge is 0.481 e. The number of Topliss-reactive ketones (excluding diaryl/α,β-unsaturated/α-hetero) is 1. The molecule has 0 aliphatic rings. The van der Waals surface area contributed by atoms with Crippen LogP contribution in [-0.4, -0.2) is 42.0 Å². The average molecular weight is 286 g/mol. The third-order valence-electron chi connectivity index (χ3n) is 3.53. The van der Waals surface area contributed by atoms with E-state index in [0.29, 0.717) is 6.42 Å². The van der Waals surface area contributed by atoms with E-state index in [0.717, 1.165) is 13.0 Å². The summed E-state index contributed by atoms with van der Waals surface area (Å²) in [4.78, 5) is 23.0. The second kappa shape index (κ2) is 9.88. The molecular weight excluding hydrogens is 256 g/mol. The number of likely N-dealkylation sites (N-methyl/N-ethyl adjacent to an activating group) is 1. The molecule has 0 heterocycles. The molecule has 0 saturated heterocycles. The molecule has 1 atom stereocenters. The van der Waals surface area contributed by atoms with Crippen molar-refractivity contribution in [3.8, 4) is 0 Å². The Balaban J connectivity index is 4.26. The van der Waals surface area contributed by atoms with Crippen LogP contribution in [0.5, 0.6) is 0 Å². The molecule has 0 spiro atoms. The molecule has 0 aliphatic heterocycles. The smallest absolute Gasteiger partial charge is 0.303 e. The van der Waals surface area contributed by atoms with E-state index >= 15 is 0 Å². The van der Waals surface area contributed by atoms with E-state index in [4.69, 9.17) is 5.11 Å². The van der Waals surface area contributed by atoms with Crippen molar-refractivity contribution in [2.75, 3.05) is 13.6 Å². The lowest BCUT2D eigenvalue weighted by molar-refractivity contribution is -0.137. The summed E-state index contributed by atoms with van der Waals surface area (Å²) in [6, 6.07) is -0.413. The van der Waals surface area contributed by atoms with Gasteiger partial charge in [-0.3, -0.25) is 9.59 Å². The molecule has 0 bridgehead atoms. The van der Waals surface area contributed by atoms with Crippen LogP contribution >= 0.6 is 0 Å². The Labute approximate surface area is 122 Å². The van der Waals surface area contributed by atoms with E-state index in [1.54, 1.807) is 7.05 Å². The summed E-state index contributed by atoms with van der Waals surface area (Å²) < 4.78 is 0. The summed E-state index contributed by atoms with van der Waals surface area (Å²) in [5.74, 6) is -0.847. The molecule has 5 nitrogen and oxygen atoms in total. The van der Waals surface area contributed by atoms with E-state index in [-0.39, 0.29) is 12.2 Å². The zero-order valence-electron chi connectivity index (χ0n) is 13.3. The van der Waals surface area contributed by atoms with Crippen molar-refractivity contribution in [1.29, 1.82) is 0 Å². The Morgan fingerprint density at radius 3 is 2.35 bits per heavy atom. The van der Waals surface area contributed by atoms with Crippen molar-refractivity contribution >= 4 is 11.8 Å². The van der Waals surface area contributed by atoms with E-state index < -0.39 is 17.6 Å². The fourth-order valence-corrected chi connectivity index (χ4v) is 2.15. The van der Waals surface area contributed by atoms with E-state index in [1.807, 2.05) is 13.8 Å². The molecule has 1 unspecified atom stereocenters. The SMILES string of the molecule is CCCCCCNC(C)(C)C(=O)C(CCC(=O)O)NC. The second-order valence-electron chi connectivity index (χ2n) is 5.75. The summed E-state index contributed by atoms with van der Waals surface area (Å²) in [6.45, 7) is 6.70. The first-order valence-corrected chi connectivity index (χ1v) is 7.53.